The first-order valence-electron chi connectivity index (χ1n) is 5.56. The van der Waals surface area contributed by atoms with E-state index in [0.29, 0.717) is 18.5 Å². The van der Waals surface area contributed by atoms with E-state index in [4.69, 9.17) is 5.84 Å². The standard InChI is InChI=1S/C10H21N3O2/c1-8-4-3-5-9(2)13(8)7-6-10(14)15-12-11/h8-9,12H,3-7,11H2,1-2H3/t8-,9+. The van der Waals surface area contributed by atoms with Gasteiger partial charge in [0.25, 0.3) is 0 Å². The molecule has 0 bridgehead atoms. The number of rotatable bonds is 4. The fourth-order valence-corrected chi connectivity index (χ4v) is 2.25. The molecule has 0 radical (unpaired) electrons. The summed E-state index contributed by atoms with van der Waals surface area (Å²) < 4.78 is 0. The first-order valence-corrected chi connectivity index (χ1v) is 5.56. The maximum atomic E-state index is 11.1. The molecule has 88 valence electrons. The van der Waals surface area contributed by atoms with Gasteiger partial charge >= 0.3 is 5.97 Å². The van der Waals surface area contributed by atoms with Crippen LogP contribution in [0.1, 0.15) is 39.5 Å². The molecule has 3 N–H and O–H groups in total. The molecular formula is C10H21N3O2. The number of nitrogens with zero attached hydrogens (tertiary/aromatic N) is 1. The molecule has 1 saturated heterocycles. The molecule has 2 atom stereocenters. The number of hydrogen-bond acceptors (Lipinski definition) is 5. The number of hydrazine groups is 1. The number of carbonyl (C=O) groups excluding carboxylic acids is 1. The summed E-state index contributed by atoms with van der Waals surface area (Å²) in [4.78, 5) is 17.9. The van der Waals surface area contributed by atoms with Gasteiger partial charge in [0.15, 0.2) is 0 Å². The van der Waals surface area contributed by atoms with Crippen LogP contribution in [0, 0.1) is 0 Å². The number of nitrogens with one attached hydrogen (secondary N) is 1. The summed E-state index contributed by atoms with van der Waals surface area (Å²) in [5.41, 5.74) is 1.91. The Hall–Kier alpha value is -0.650. The van der Waals surface area contributed by atoms with Crippen LogP contribution in [0.4, 0.5) is 0 Å². The highest BCUT2D eigenvalue weighted by Gasteiger charge is 2.24. The van der Waals surface area contributed by atoms with E-state index < -0.39 is 0 Å². The lowest BCUT2D eigenvalue weighted by molar-refractivity contribution is -0.151. The molecule has 0 aliphatic carbocycles. The molecule has 15 heavy (non-hydrogen) atoms. The third-order valence-electron chi connectivity index (χ3n) is 3.12. The molecule has 1 aliphatic rings. The Morgan fingerprint density at radius 2 is 2.07 bits per heavy atom. The monoisotopic (exact) mass is 215 g/mol. The van der Waals surface area contributed by atoms with E-state index in [0.717, 1.165) is 6.54 Å². The van der Waals surface area contributed by atoms with E-state index in [2.05, 4.69) is 23.6 Å². The van der Waals surface area contributed by atoms with Crippen LogP contribution in [0.2, 0.25) is 0 Å². The van der Waals surface area contributed by atoms with E-state index in [1.54, 1.807) is 0 Å². The van der Waals surface area contributed by atoms with Crippen molar-refractivity contribution in [3.05, 3.63) is 0 Å². The van der Waals surface area contributed by atoms with Gasteiger partial charge in [0.2, 0.25) is 0 Å². The van der Waals surface area contributed by atoms with Gasteiger partial charge in [-0.15, -0.1) is 0 Å². The quantitative estimate of drug-likeness (QED) is 0.530. The van der Waals surface area contributed by atoms with Gasteiger partial charge in [-0.1, -0.05) is 12.0 Å². The number of likely N-dealkylation sites (tertiary alicyclic amines) is 1. The zero-order chi connectivity index (χ0) is 11.3. The van der Waals surface area contributed by atoms with E-state index in [1.807, 2.05) is 5.59 Å². The summed E-state index contributed by atoms with van der Waals surface area (Å²) in [5.74, 6) is 4.58. The van der Waals surface area contributed by atoms with Crippen LogP contribution >= 0.6 is 0 Å². The smallest absolute Gasteiger partial charge is 0.327 e. The maximum absolute atomic E-state index is 11.1. The molecule has 1 aliphatic heterocycles. The third kappa shape index (κ3) is 3.77. The zero-order valence-electron chi connectivity index (χ0n) is 9.53. The Bertz CT molecular complexity index is 201. The number of hydrogen-bond donors (Lipinski definition) is 2. The molecule has 0 aromatic rings. The van der Waals surface area contributed by atoms with Gasteiger partial charge in [-0.25, -0.2) is 5.84 Å². The van der Waals surface area contributed by atoms with Crippen LogP contribution in [-0.4, -0.2) is 29.5 Å². The highest BCUT2D eigenvalue weighted by Crippen LogP contribution is 2.22. The minimum absolute atomic E-state index is 0.303. The number of carbonyl (C=O) groups is 1. The Labute approximate surface area is 90.9 Å². The van der Waals surface area contributed by atoms with Crippen molar-refractivity contribution >= 4 is 5.97 Å². The highest BCUT2D eigenvalue weighted by atomic mass is 16.7. The molecule has 1 fully saturated rings. The van der Waals surface area contributed by atoms with Crippen molar-refractivity contribution in [3.63, 3.8) is 0 Å². The average molecular weight is 215 g/mol. The molecular weight excluding hydrogens is 194 g/mol. The number of piperidine rings is 1. The van der Waals surface area contributed by atoms with Gasteiger partial charge in [-0.05, 0) is 26.7 Å². The zero-order valence-corrected chi connectivity index (χ0v) is 9.53. The second-order valence-corrected chi connectivity index (χ2v) is 4.21. The van der Waals surface area contributed by atoms with E-state index >= 15 is 0 Å². The van der Waals surface area contributed by atoms with Gasteiger partial charge < -0.3 is 4.84 Å². The van der Waals surface area contributed by atoms with Gasteiger partial charge in [0.1, 0.15) is 0 Å². The lowest BCUT2D eigenvalue weighted by Crippen LogP contribution is -2.44. The summed E-state index contributed by atoms with van der Waals surface area (Å²) >= 11 is 0. The number of nitrogens with two attached hydrogens (primary N) is 1. The van der Waals surface area contributed by atoms with Crippen LogP contribution in [-0.2, 0) is 9.63 Å². The van der Waals surface area contributed by atoms with Gasteiger partial charge in [-0.2, -0.15) is 0 Å². The van der Waals surface area contributed by atoms with Crippen LogP contribution in [0.3, 0.4) is 0 Å². The fraction of sp³-hybridized carbons (Fsp3) is 0.900. The van der Waals surface area contributed by atoms with Gasteiger partial charge in [-0.3, -0.25) is 9.69 Å². The first-order chi connectivity index (χ1) is 7.15. The lowest BCUT2D eigenvalue weighted by Gasteiger charge is -2.38. The fourth-order valence-electron chi connectivity index (χ4n) is 2.25. The molecule has 1 heterocycles. The molecule has 5 heteroatoms. The molecule has 1 rings (SSSR count). The van der Waals surface area contributed by atoms with Crippen molar-refractivity contribution in [1.82, 2.24) is 10.5 Å². The topological polar surface area (TPSA) is 67.6 Å². The van der Waals surface area contributed by atoms with E-state index in [-0.39, 0.29) is 5.97 Å². The molecule has 5 nitrogen and oxygen atoms in total. The molecule has 0 spiro atoms. The van der Waals surface area contributed by atoms with Crippen molar-refractivity contribution in [2.24, 2.45) is 5.84 Å². The van der Waals surface area contributed by atoms with Crippen molar-refractivity contribution in [3.8, 4) is 0 Å². The van der Waals surface area contributed by atoms with E-state index in [1.165, 1.54) is 19.3 Å². The molecule has 0 aromatic heterocycles. The van der Waals surface area contributed by atoms with Crippen molar-refractivity contribution in [2.75, 3.05) is 6.54 Å². The Balaban J connectivity index is 2.32. The largest absolute Gasteiger partial charge is 0.356 e. The summed E-state index contributed by atoms with van der Waals surface area (Å²) in [7, 11) is 0. The highest BCUT2D eigenvalue weighted by molar-refractivity contribution is 5.69. The Kier molecular flexibility index (Phi) is 5.01. The molecule has 0 amide bonds. The van der Waals surface area contributed by atoms with Gasteiger partial charge in [0, 0.05) is 18.6 Å². The first kappa shape index (κ1) is 12.4. The molecule has 0 aromatic carbocycles. The van der Waals surface area contributed by atoms with Gasteiger partial charge in [0.05, 0.1) is 6.42 Å². The minimum atomic E-state index is -0.303. The minimum Gasteiger partial charge on any atom is -0.356 e. The van der Waals surface area contributed by atoms with Crippen LogP contribution in [0.15, 0.2) is 0 Å². The van der Waals surface area contributed by atoms with Crippen LogP contribution < -0.4 is 11.4 Å². The second-order valence-electron chi connectivity index (χ2n) is 4.21. The molecule has 0 unspecified atom stereocenters. The predicted octanol–water partition coefficient (Wildman–Crippen LogP) is 0.561. The third-order valence-corrected chi connectivity index (χ3v) is 3.12. The predicted molar refractivity (Wildman–Crippen MR) is 57.5 cm³/mol. The summed E-state index contributed by atoms with van der Waals surface area (Å²) in [6.45, 7) is 5.17. The second kappa shape index (κ2) is 6.05. The van der Waals surface area contributed by atoms with Crippen LogP contribution in [0.25, 0.3) is 0 Å². The molecule has 0 saturated carbocycles. The van der Waals surface area contributed by atoms with Crippen molar-refractivity contribution in [1.29, 1.82) is 0 Å². The van der Waals surface area contributed by atoms with Crippen LogP contribution in [0.5, 0.6) is 0 Å². The van der Waals surface area contributed by atoms with Crippen molar-refractivity contribution in [2.45, 2.75) is 51.6 Å². The normalized spacial score (nSPS) is 27.7. The van der Waals surface area contributed by atoms with E-state index in [9.17, 15) is 4.79 Å². The SMILES string of the molecule is C[C@@H]1CCC[C@H](C)N1CCC(=O)ONN. The van der Waals surface area contributed by atoms with Crippen molar-refractivity contribution < 1.29 is 9.63 Å². The summed E-state index contributed by atoms with van der Waals surface area (Å²) in [6, 6.07) is 1.12. The summed E-state index contributed by atoms with van der Waals surface area (Å²) in [5, 5.41) is 0. The Morgan fingerprint density at radius 1 is 1.47 bits per heavy atom. The maximum Gasteiger partial charge on any atom is 0.327 e. The Morgan fingerprint density at radius 3 is 2.60 bits per heavy atom. The average Bonchev–Trinajstić information content (AvgIpc) is 2.17. The summed E-state index contributed by atoms with van der Waals surface area (Å²) in [6.07, 6.45) is 4.11. The lowest BCUT2D eigenvalue weighted by atomic mass is 9.97.